The molecule has 1 aliphatic carbocycles. The van der Waals surface area contributed by atoms with Crippen molar-refractivity contribution in [3.63, 3.8) is 0 Å². The summed E-state index contributed by atoms with van der Waals surface area (Å²) in [6.45, 7) is 2.27. The van der Waals surface area contributed by atoms with Crippen LogP contribution in [-0.2, 0) is 22.6 Å². The van der Waals surface area contributed by atoms with Crippen molar-refractivity contribution in [2.45, 2.75) is 84.1 Å². The SMILES string of the molecule is CCCCCCCCc1cc(CN2C(=O)C3=C(CCCC3)C2=O)c(O)c(-n2nc3ccccc3n2)c1. The molecule has 36 heavy (non-hydrogen) atoms. The van der Waals surface area contributed by atoms with Gasteiger partial charge in [-0.25, -0.2) is 0 Å². The Hall–Kier alpha value is -3.48. The zero-order chi connectivity index (χ0) is 25.1. The first kappa shape index (κ1) is 24.2. The van der Waals surface area contributed by atoms with E-state index in [9.17, 15) is 14.7 Å². The zero-order valence-electron chi connectivity index (χ0n) is 21.0. The van der Waals surface area contributed by atoms with Gasteiger partial charge in [0.05, 0.1) is 6.54 Å². The Labute approximate surface area is 211 Å². The summed E-state index contributed by atoms with van der Waals surface area (Å²) in [4.78, 5) is 28.9. The maximum absolute atomic E-state index is 13.1. The standard InChI is InChI=1S/C29H34N4O3/c1-2-3-4-5-6-7-12-20-17-21(19-32-28(35)22-13-8-9-14-23(22)29(32)36)27(34)26(18-20)33-30-24-15-10-11-16-25(24)31-33/h10-11,15-18,34H,2-9,12-14,19H2,1H3. The molecule has 2 heterocycles. The number of amides is 2. The number of fused-ring (bicyclic) bond motifs is 1. The van der Waals surface area contributed by atoms with Gasteiger partial charge in [-0.05, 0) is 62.3 Å². The van der Waals surface area contributed by atoms with E-state index in [1.54, 1.807) is 0 Å². The first-order chi connectivity index (χ1) is 17.6. The van der Waals surface area contributed by atoms with Gasteiger partial charge in [0, 0.05) is 16.7 Å². The molecule has 1 aromatic heterocycles. The summed E-state index contributed by atoms with van der Waals surface area (Å²) in [5.74, 6) is -0.410. The van der Waals surface area contributed by atoms with Crippen LogP contribution in [0.5, 0.6) is 5.75 Å². The minimum Gasteiger partial charge on any atom is -0.505 e. The quantitative estimate of drug-likeness (QED) is 0.290. The number of hydrogen-bond donors (Lipinski definition) is 1. The monoisotopic (exact) mass is 486 g/mol. The summed E-state index contributed by atoms with van der Waals surface area (Å²) in [5.41, 5.74) is 4.87. The minimum absolute atomic E-state index is 0.00692. The van der Waals surface area contributed by atoms with Crippen molar-refractivity contribution in [3.05, 3.63) is 58.7 Å². The molecule has 0 fully saturated rings. The zero-order valence-corrected chi connectivity index (χ0v) is 21.0. The lowest BCUT2D eigenvalue weighted by Crippen LogP contribution is -2.31. The van der Waals surface area contributed by atoms with Crippen molar-refractivity contribution < 1.29 is 14.7 Å². The number of phenolic OH excluding ortho intramolecular Hbond substituents is 1. The van der Waals surface area contributed by atoms with Gasteiger partial charge in [-0.2, -0.15) is 0 Å². The molecule has 3 aromatic rings. The highest BCUT2D eigenvalue weighted by Gasteiger charge is 2.39. The summed E-state index contributed by atoms with van der Waals surface area (Å²) in [7, 11) is 0. The lowest BCUT2D eigenvalue weighted by Gasteiger charge is -2.18. The number of benzene rings is 2. The average Bonchev–Trinajstić information content (AvgIpc) is 3.43. The minimum atomic E-state index is -0.208. The Morgan fingerprint density at radius 1 is 0.861 bits per heavy atom. The Morgan fingerprint density at radius 3 is 2.11 bits per heavy atom. The number of aromatic hydroxyl groups is 1. The fraction of sp³-hybridized carbons (Fsp3) is 0.448. The van der Waals surface area contributed by atoms with Gasteiger partial charge < -0.3 is 5.11 Å². The molecule has 0 saturated heterocycles. The van der Waals surface area contributed by atoms with Crippen LogP contribution in [0.3, 0.4) is 0 Å². The van der Waals surface area contributed by atoms with E-state index < -0.39 is 0 Å². The predicted molar refractivity (Wildman–Crippen MR) is 139 cm³/mol. The number of phenols is 1. The number of nitrogens with zero attached hydrogens (tertiary/aromatic N) is 4. The van der Waals surface area contributed by atoms with Crippen LogP contribution >= 0.6 is 0 Å². The molecular weight excluding hydrogens is 452 g/mol. The lowest BCUT2D eigenvalue weighted by atomic mass is 9.93. The smallest absolute Gasteiger partial charge is 0.257 e. The van der Waals surface area contributed by atoms with Crippen molar-refractivity contribution in [1.29, 1.82) is 0 Å². The van der Waals surface area contributed by atoms with E-state index in [0.717, 1.165) is 48.7 Å². The molecule has 0 unspecified atom stereocenters. The fourth-order valence-electron chi connectivity index (χ4n) is 5.35. The Bertz CT molecular complexity index is 1260. The molecule has 7 nitrogen and oxygen atoms in total. The van der Waals surface area contributed by atoms with E-state index in [-0.39, 0.29) is 24.1 Å². The average molecular weight is 487 g/mol. The van der Waals surface area contributed by atoms with Gasteiger partial charge in [-0.1, -0.05) is 57.2 Å². The molecule has 7 heteroatoms. The van der Waals surface area contributed by atoms with Gasteiger partial charge in [0.15, 0.2) is 0 Å². The largest absolute Gasteiger partial charge is 0.505 e. The number of unbranched alkanes of at least 4 members (excludes halogenated alkanes) is 5. The number of rotatable bonds is 10. The van der Waals surface area contributed by atoms with Crippen LogP contribution < -0.4 is 0 Å². The van der Waals surface area contributed by atoms with Crippen LogP contribution in [0.2, 0.25) is 0 Å². The molecule has 0 atom stereocenters. The molecule has 2 aromatic carbocycles. The van der Waals surface area contributed by atoms with Crippen molar-refractivity contribution in [3.8, 4) is 11.4 Å². The van der Waals surface area contributed by atoms with Crippen LogP contribution in [0.15, 0.2) is 47.5 Å². The third kappa shape index (κ3) is 4.79. The van der Waals surface area contributed by atoms with Crippen LogP contribution in [-0.4, -0.2) is 36.8 Å². The van der Waals surface area contributed by atoms with E-state index >= 15 is 0 Å². The molecule has 5 rings (SSSR count). The van der Waals surface area contributed by atoms with Crippen molar-refractivity contribution in [2.75, 3.05) is 0 Å². The highest BCUT2D eigenvalue weighted by molar-refractivity contribution is 6.19. The van der Waals surface area contributed by atoms with Crippen molar-refractivity contribution in [1.82, 2.24) is 19.9 Å². The number of carbonyl (C=O) groups is 2. The van der Waals surface area contributed by atoms with Crippen LogP contribution in [0.1, 0.15) is 82.3 Å². The molecule has 0 bridgehead atoms. The van der Waals surface area contributed by atoms with Gasteiger partial charge in [-0.15, -0.1) is 15.0 Å². The summed E-state index contributed by atoms with van der Waals surface area (Å²) >= 11 is 0. The number of imide groups is 1. The molecule has 2 aliphatic rings. The maximum atomic E-state index is 13.1. The van der Waals surface area contributed by atoms with E-state index in [0.29, 0.717) is 35.2 Å². The van der Waals surface area contributed by atoms with Crippen LogP contribution in [0.4, 0.5) is 0 Å². The molecule has 1 N–H and O–H groups in total. The van der Waals surface area contributed by atoms with Crippen LogP contribution in [0, 0.1) is 0 Å². The van der Waals surface area contributed by atoms with Gasteiger partial charge in [0.1, 0.15) is 22.5 Å². The molecule has 0 radical (unpaired) electrons. The van der Waals surface area contributed by atoms with Crippen LogP contribution in [0.25, 0.3) is 16.7 Å². The summed E-state index contributed by atoms with van der Waals surface area (Å²) in [6, 6.07) is 11.4. The lowest BCUT2D eigenvalue weighted by molar-refractivity contribution is -0.138. The second-order valence-electron chi connectivity index (χ2n) is 9.98. The maximum Gasteiger partial charge on any atom is 0.257 e. The first-order valence-electron chi connectivity index (χ1n) is 13.3. The Kier molecular flexibility index (Phi) is 7.16. The first-order valence-corrected chi connectivity index (χ1v) is 13.3. The van der Waals surface area contributed by atoms with Crippen molar-refractivity contribution >= 4 is 22.8 Å². The van der Waals surface area contributed by atoms with Crippen molar-refractivity contribution in [2.24, 2.45) is 0 Å². The summed E-state index contributed by atoms with van der Waals surface area (Å²) in [6.07, 6.45) is 11.2. The number of hydrogen-bond acceptors (Lipinski definition) is 5. The summed E-state index contributed by atoms with van der Waals surface area (Å²) in [5, 5.41) is 20.4. The number of aromatic nitrogens is 3. The molecule has 0 saturated carbocycles. The Morgan fingerprint density at radius 2 is 1.47 bits per heavy atom. The third-order valence-corrected chi connectivity index (χ3v) is 7.35. The van der Waals surface area contributed by atoms with E-state index in [1.807, 2.05) is 36.4 Å². The second-order valence-corrected chi connectivity index (χ2v) is 9.98. The third-order valence-electron chi connectivity index (χ3n) is 7.35. The molecule has 188 valence electrons. The molecule has 0 spiro atoms. The van der Waals surface area contributed by atoms with E-state index in [4.69, 9.17) is 0 Å². The fourth-order valence-corrected chi connectivity index (χ4v) is 5.35. The second kappa shape index (κ2) is 10.6. The topological polar surface area (TPSA) is 88.3 Å². The highest BCUT2D eigenvalue weighted by atomic mass is 16.3. The number of carbonyl (C=O) groups excluding carboxylic acids is 2. The van der Waals surface area contributed by atoms with Gasteiger partial charge in [0.25, 0.3) is 11.8 Å². The normalized spacial score (nSPS) is 15.9. The highest BCUT2D eigenvalue weighted by Crippen LogP contribution is 2.36. The molecular formula is C29H34N4O3. The predicted octanol–water partition coefficient (Wildman–Crippen LogP) is 5.77. The molecule has 2 amide bonds. The number of aryl methyl sites for hydroxylation is 1. The van der Waals surface area contributed by atoms with Gasteiger partial charge in [0.2, 0.25) is 0 Å². The Balaban J connectivity index is 1.44. The van der Waals surface area contributed by atoms with Gasteiger partial charge in [-0.3, -0.25) is 14.5 Å². The summed E-state index contributed by atoms with van der Waals surface area (Å²) < 4.78 is 0. The van der Waals surface area contributed by atoms with E-state index in [1.165, 1.54) is 35.4 Å². The van der Waals surface area contributed by atoms with E-state index in [2.05, 4.69) is 17.1 Å². The molecule has 1 aliphatic heterocycles. The van der Waals surface area contributed by atoms with Gasteiger partial charge >= 0.3 is 0 Å².